The quantitative estimate of drug-likeness (QED) is 0.458. The molecule has 70 valence electrons. The van der Waals surface area contributed by atoms with Gasteiger partial charge in [0.1, 0.15) is 18.2 Å². The number of nitrogens with zero attached hydrogens (tertiary/aromatic N) is 3. The second kappa shape index (κ2) is 5.90. The molecule has 0 fully saturated rings. The minimum atomic E-state index is -1.55. The van der Waals surface area contributed by atoms with Gasteiger partial charge in [-0.2, -0.15) is 15.8 Å². The third-order valence-electron chi connectivity index (χ3n) is 1.77. The van der Waals surface area contributed by atoms with E-state index in [9.17, 15) is 9.90 Å². The van der Waals surface area contributed by atoms with Gasteiger partial charge in [-0.15, -0.1) is 0 Å². The number of benzene rings is 1. The number of nitriles is 3. The predicted octanol–water partition coefficient (Wildman–Crippen LogP) is -3.33. The third kappa shape index (κ3) is 2.39. The molecule has 0 aliphatic heterocycles. The molecule has 0 amide bonds. The topological polar surface area (TPSA) is 112 Å². The Balaban J connectivity index is 0.00000225. The molecule has 1 aromatic carbocycles. The number of carboxylic acids is 1. The van der Waals surface area contributed by atoms with Gasteiger partial charge in [-0.05, 0) is 6.07 Å². The number of hydrogen-bond donors (Lipinski definition) is 0. The van der Waals surface area contributed by atoms with Gasteiger partial charge in [0.05, 0.1) is 22.7 Å². The molecule has 1 aromatic rings. The molecule has 0 aliphatic rings. The number of carboxylic acid groups (broad SMARTS) is 1. The van der Waals surface area contributed by atoms with Crippen LogP contribution in [0.5, 0.6) is 0 Å². The number of rotatable bonds is 1. The van der Waals surface area contributed by atoms with Crippen LogP contribution in [0.1, 0.15) is 27.0 Å². The summed E-state index contributed by atoms with van der Waals surface area (Å²) in [6.45, 7) is 0. The van der Waals surface area contributed by atoms with E-state index < -0.39 is 5.97 Å². The second-order valence-electron chi connectivity index (χ2n) is 2.53. The van der Waals surface area contributed by atoms with Crippen LogP contribution in [0.2, 0.25) is 0 Å². The first-order chi connectivity index (χ1) is 7.15. The van der Waals surface area contributed by atoms with Crippen LogP contribution in [0.25, 0.3) is 0 Å². The summed E-state index contributed by atoms with van der Waals surface area (Å²) in [5, 5.41) is 36.6. The first-order valence-electron chi connectivity index (χ1n) is 3.74. The first kappa shape index (κ1) is 14.2. The van der Waals surface area contributed by atoms with Gasteiger partial charge >= 0.3 is 29.6 Å². The van der Waals surface area contributed by atoms with Gasteiger partial charge in [-0.25, -0.2) is 0 Å². The van der Waals surface area contributed by atoms with Crippen LogP contribution in [0.4, 0.5) is 0 Å². The molecule has 5 nitrogen and oxygen atoms in total. The average molecular weight is 219 g/mol. The van der Waals surface area contributed by atoms with Gasteiger partial charge in [0.2, 0.25) is 0 Å². The minimum absolute atomic E-state index is 0. The fourth-order valence-corrected chi connectivity index (χ4v) is 1.10. The first-order valence-corrected chi connectivity index (χ1v) is 3.74. The molecule has 0 aromatic heterocycles. The summed E-state index contributed by atoms with van der Waals surface area (Å²) >= 11 is 0. The molecule has 0 heterocycles. The molecule has 0 N–H and O–H groups in total. The van der Waals surface area contributed by atoms with Crippen LogP contribution in [0.3, 0.4) is 0 Å². The van der Waals surface area contributed by atoms with Crippen molar-refractivity contribution < 1.29 is 39.5 Å². The van der Waals surface area contributed by atoms with Crippen molar-refractivity contribution in [1.29, 1.82) is 15.8 Å². The van der Waals surface area contributed by atoms with Gasteiger partial charge in [-0.3, -0.25) is 0 Å². The summed E-state index contributed by atoms with van der Waals surface area (Å²) in [5.74, 6) is -1.55. The smallest absolute Gasteiger partial charge is 0.545 e. The standard InChI is InChI=1S/C10H3N3O2.Na/c11-3-6-1-2-7(10(14)15)9(5-13)8(6)4-12;/h1-2H,(H,14,15);/q;+1/p-1. The summed E-state index contributed by atoms with van der Waals surface area (Å²) in [4.78, 5) is 10.6. The Morgan fingerprint density at radius 1 is 1.06 bits per heavy atom. The molecule has 0 bridgehead atoms. The van der Waals surface area contributed by atoms with E-state index in [1.165, 1.54) is 6.07 Å². The third-order valence-corrected chi connectivity index (χ3v) is 1.77. The van der Waals surface area contributed by atoms with Crippen LogP contribution >= 0.6 is 0 Å². The molecule has 0 radical (unpaired) electrons. The molecule has 0 aliphatic carbocycles. The Kier molecular flexibility index (Phi) is 5.22. The number of carbonyl (C=O) groups excluding carboxylic acids is 1. The Labute approximate surface area is 113 Å². The largest absolute Gasteiger partial charge is 1.00 e. The molecule has 16 heavy (non-hydrogen) atoms. The van der Waals surface area contributed by atoms with E-state index in [1.54, 1.807) is 18.2 Å². The maximum atomic E-state index is 10.6. The van der Waals surface area contributed by atoms with Crippen LogP contribution in [0, 0.1) is 34.0 Å². The van der Waals surface area contributed by atoms with E-state index in [1.807, 2.05) is 0 Å². The van der Waals surface area contributed by atoms with Crippen molar-refractivity contribution in [3.63, 3.8) is 0 Å². The van der Waals surface area contributed by atoms with Gasteiger partial charge < -0.3 is 9.90 Å². The number of hydrogen-bond acceptors (Lipinski definition) is 5. The molecule has 0 unspecified atom stereocenters. The zero-order valence-electron chi connectivity index (χ0n) is 8.31. The van der Waals surface area contributed by atoms with Crippen molar-refractivity contribution in [2.75, 3.05) is 0 Å². The van der Waals surface area contributed by atoms with Gasteiger partial charge in [0.15, 0.2) is 0 Å². The molecular weight excluding hydrogens is 217 g/mol. The fraction of sp³-hybridized carbons (Fsp3) is 0. The van der Waals surface area contributed by atoms with Gasteiger partial charge in [-0.1, -0.05) is 6.07 Å². The molecule has 6 heteroatoms. The molecule has 0 saturated heterocycles. The average Bonchev–Trinajstić information content (AvgIpc) is 2.26. The van der Waals surface area contributed by atoms with E-state index >= 15 is 0 Å². The normalized spacial score (nSPS) is 7.81. The summed E-state index contributed by atoms with van der Waals surface area (Å²) in [6.07, 6.45) is 0. The van der Waals surface area contributed by atoms with Crippen molar-refractivity contribution in [1.82, 2.24) is 0 Å². The van der Waals surface area contributed by atoms with Crippen LogP contribution in [-0.4, -0.2) is 5.97 Å². The van der Waals surface area contributed by atoms with E-state index in [2.05, 4.69) is 0 Å². The summed E-state index contributed by atoms with van der Waals surface area (Å²) < 4.78 is 0. The molecule has 0 spiro atoms. The molecule has 0 atom stereocenters. The van der Waals surface area contributed by atoms with Crippen molar-refractivity contribution in [2.24, 2.45) is 0 Å². The Morgan fingerprint density at radius 3 is 2.00 bits per heavy atom. The Hall–Kier alpha value is -1.84. The van der Waals surface area contributed by atoms with Crippen molar-refractivity contribution in [2.45, 2.75) is 0 Å². The number of aromatic carboxylic acids is 1. The van der Waals surface area contributed by atoms with E-state index in [-0.39, 0.29) is 51.8 Å². The molecule has 0 saturated carbocycles. The van der Waals surface area contributed by atoms with Gasteiger partial charge in [0, 0.05) is 5.56 Å². The Morgan fingerprint density at radius 2 is 1.62 bits per heavy atom. The van der Waals surface area contributed by atoms with E-state index in [0.717, 1.165) is 6.07 Å². The van der Waals surface area contributed by atoms with Crippen LogP contribution in [0.15, 0.2) is 12.1 Å². The van der Waals surface area contributed by atoms with E-state index in [4.69, 9.17) is 15.8 Å². The summed E-state index contributed by atoms with van der Waals surface area (Å²) in [6, 6.07) is 7.15. The number of carbonyl (C=O) groups is 1. The summed E-state index contributed by atoms with van der Waals surface area (Å²) in [7, 11) is 0. The molecular formula is C10H2N3NaO2. The Bertz CT molecular complexity index is 561. The monoisotopic (exact) mass is 219 g/mol. The van der Waals surface area contributed by atoms with Crippen molar-refractivity contribution in [3.8, 4) is 18.2 Å². The van der Waals surface area contributed by atoms with Crippen molar-refractivity contribution in [3.05, 3.63) is 34.4 Å². The maximum Gasteiger partial charge on any atom is 1.00 e. The van der Waals surface area contributed by atoms with E-state index in [0.29, 0.717) is 0 Å². The maximum absolute atomic E-state index is 10.6. The van der Waals surface area contributed by atoms with Gasteiger partial charge in [0.25, 0.3) is 0 Å². The van der Waals surface area contributed by atoms with Crippen molar-refractivity contribution >= 4 is 5.97 Å². The zero-order chi connectivity index (χ0) is 11.4. The van der Waals surface area contributed by atoms with Crippen LogP contribution in [-0.2, 0) is 0 Å². The second-order valence-corrected chi connectivity index (χ2v) is 2.53. The fourth-order valence-electron chi connectivity index (χ4n) is 1.10. The molecule has 1 rings (SSSR count). The van der Waals surface area contributed by atoms with Crippen LogP contribution < -0.4 is 34.7 Å². The predicted molar refractivity (Wildman–Crippen MR) is 44.9 cm³/mol. The zero-order valence-corrected chi connectivity index (χ0v) is 10.3. The SMILES string of the molecule is N#Cc1ccc(C(=O)[O-])c(C#N)c1C#N.[Na+]. The minimum Gasteiger partial charge on any atom is -0.545 e. The summed E-state index contributed by atoms with van der Waals surface area (Å²) in [5.41, 5.74) is -0.981.